The summed E-state index contributed by atoms with van der Waals surface area (Å²) in [7, 11) is -13.6. The molecule has 23 heteroatoms. The molecule has 3 aromatic rings. The highest BCUT2D eigenvalue weighted by Gasteiger charge is 2.48. The first kappa shape index (κ1) is 56.4. The maximum atomic E-state index is 12.7. The topological polar surface area (TPSA) is 299 Å². The van der Waals surface area contributed by atoms with Gasteiger partial charge in [0.25, 0.3) is 30.4 Å². The van der Waals surface area contributed by atoms with Crippen LogP contribution in [0.25, 0.3) is 0 Å². The summed E-state index contributed by atoms with van der Waals surface area (Å²) in [6.07, 6.45) is 15.8. The molecular formula is C50H66N5O15S3+. The van der Waals surface area contributed by atoms with Crippen LogP contribution in [0.3, 0.4) is 0 Å². The second kappa shape index (κ2) is 24.0. The van der Waals surface area contributed by atoms with E-state index < -0.39 is 64.7 Å². The first-order valence-electron chi connectivity index (χ1n) is 24.4. The number of carbonyl (C=O) groups excluding carboxylic acids is 3. The Morgan fingerprint density at radius 3 is 1.97 bits per heavy atom. The van der Waals surface area contributed by atoms with Gasteiger partial charge in [-0.25, -0.2) is 4.79 Å². The Morgan fingerprint density at radius 2 is 1.34 bits per heavy atom. The lowest BCUT2D eigenvalue weighted by atomic mass is 9.75. The first-order chi connectivity index (χ1) is 34.4. The number of aromatic hydroxyl groups is 2. The Labute approximate surface area is 426 Å². The zero-order valence-electron chi connectivity index (χ0n) is 41.0. The molecule has 3 aliphatic heterocycles. The molecule has 2 unspecified atom stereocenters. The first-order valence-corrected chi connectivity index (χ1v) is 28.9. The average Bonchev–Trinajstić information content (AvgIpc) is 3.84. The molecule has 0 saturated heterocycles. The van der Waals surface area contributed by atoms with E-state index in [4.69, 9.17) is 4.84 Å². The van der Waals surface area contributed by atoms with E-state index in [1.165, 1.54) is 36.4 Å². The zero-order valence-corrected chi connectivity index (χ0v) is 43.5. The van der Waals surface area contributed by atoms with Gasteiger partial charge in [-0.05, 0) is 94.3 Å². The van der Waals surface area contributed by atoms with Crippen LogP contribution >= 0.6 is 0 Å². The molecule has 3 aliphatic rings. The number of hydrogen-bond donors (Lipinski definition) is 7. The number of benzene rings is 2. The normalized spacial score (nSPS) is 20.9. The monoisotopic (exact) mass is 1070 g/mol. The number of anilines is 1. The van der Waals surface area contributed by atoms with Crippen LogP contribution < -0.4 is 20.4 Å². The van der Waals surface area contributed by atoms with E-state index in [0.717, 1.165) is 11.4 Å². The van der Waals surface area contributed by atoms with Crippen molar-refractivity contribution in [3.05, 3.63) is 95.7 Å². The summed E-state index contributed by atoms with van der Waals surface area (Å²) in [5.74, 6) is -2.41. The van der Waals surface area contributed by atoms with E-state index >= 15 is 0 Å². The van der Waals surface area contributed by atoms with Crippen molar-refractivity contribution in [1.82, 2.24) is 15.4 Å². The Hall–Kier alpha value is -5.85. The molecule has 6 rings (SSSR count). The van der Waals surface area contributed by atoms with Crippen molar-refractivity contribution in [3.63, 3.8) is 0 Å². The lowest BCUT2D eigenvalue weighted by molar-refractivity contribution is -0.437. The molecule has 2 atom stereocenters. The van der Waals surface area contributed by atoms with Gasteiger partial charge in [-0.1, -0.05) is 50.3 Å². The van der Waals surface area contributed by atoms with Crippen molar-refractivity contribution in [3.8, 4) is 11.8 Å². The number of amides is 2. The second-order valence-corrected chi connectivity index (χ2v) is 23.5. The largest absolute Gasteiger partial charge is 0.492 e. The van der Waals surface area contributed by atoms with Crippen LogP contribution in [0.1, 0.15) is 121 Å². The summed E-state index contributed by atoms with van der Waals surface area (Å²) >= 11 is 0. The van der Waals surface area contributed by atoms with Gasteiger partial charge in [0.05, 0.1) is 21.0 Å². The van der Waals surface area contributed by atoms with Gasteiger partial charge < -0.3 is 30.6 Å². The fourth-order valence-corrected chi connectivity index (χ4v) is 11.5. The molecule has 2 amide bonds. The molecule has 0 saturated carbocycles. The predicted molar refractivity (Wildman–Crippen MR) is 272 cm³/mol. The SMILES string of the molecule is CC1(CCCCCC(=O)On2c(O)ccc2O)C2=CC=CC=CC3=[N+](CCCS(=O)(=O)O)c4ccc(S(=O)(=O)O)cc4C3(C)CCCCCC(=O)NCCNC(=O)CCCCCN2c2ccc(S(=O)(=O)O)cc21. The van der Waals surface area contributed by atoms with Crippen LogP contribution in [0, 0.1) is 0 Å². The average molecular weight is 1070 g/mol. The fraction of sp³-hybridized carbons (Fsp3) is 0.480. The Morgan fingerprint density at radius 1 is 0.726 bits per heavy atom. The minimum absolute atomic E-state index is 0.0216. The van der Waals surface area contributed by atoms with Crippen LogP contribution in [-0.4, -0.2) is 114 Å². The molecule has 0 radical (unpaired) electrons. The molecule has 0 spiro atoms. The van der Waals surface area contributed by atoms with Crippen molar-refractivity contribution >= 4 is 65.2 Å². The van der Waals surface area contributed by atoms with Crippen molar-refractivity contribution in [2.24, 2.45) is 0 Å². The number of allylic oxidation sites excluding steroid dienone is 6. The Bertz CT molecular complexity index is 3000. The molecule has 2 aromatic carbocycles. The second-order valence-electron chi connectivity index (χ2n) is 19.0. The lowest BCUT2D eigenvalue weighted by Gasteiger charge is -2.30. The molecule has 398 valence electrons. The maximum Gasteiger partial charge on any atom is 0.333 e. The van der Waals surface area contributed by atoms with Crippen molar-refractivity contribution < 1.29 is 72.9 Å². The van der Waals surface area contributed by atoms with Crippen molar-refractivity contribution in [2.45, 2.75) is 131 Å². The molecule has 4 heterocycles. The van der Waals surface area contributed by atoms with Gasteiger partial charge in [0.15, 0.2) is 5.71 Å². The van der Waals surface area contributed by atoms with E-state index in [1.807, 2.05) is 36.7 Å². The smallest absolute Gasteiger partial charge is 0.333 e. The molecule has 0 fully saturated rings. The van der Waals surface area contributed by atoms with Gasteiger partial charge in [0.1, 0.15) is 6.54 Å². The molecule has 7 N–H and O–H groups in total. The molecule has 0 bridgehead atoms. The number of fused-ring (bicyclic) bond motifs is 6. The van der Waals surface area contributed by atoms with Crippen LogP contribution in [0.15, 0.2) is 94.4 Å². The van der Waals surface area contributed by atoms with E-state index in [2.05, 4.69) is 15.5 Å². The van der Waals surface area contributed by atoms with Crippen LogP contribution in [0.4, 0.5) is 11.4 Å². The maximum absolute atomic E-state index is 12.7. The van der Waals surface area contributed by atoms with Gasteiger partial charge in [-0.3, -0.25) is 23.2 Å². The standard InChI is InChI=1S/C50H65N5O15S3/c1-49(28-13-5-11-20-48(60)70-55-46(58)25-26-47(55)59)38-34-36(72(64,65)66)21-23-40(38)53-31-14-6-10-19-45(57)52-30-29-51-44(56)18-9-4-12-27-50(2)39-35-37(73(67,68)69)22-24-41(39)54(32-15-33-71(61,62)63)43(50)17-8-3-7-16-42(49)53/h3,7-8,16-17,21-26,34-35H,4-6,9-15,18-20,27-33H2,1-2H3,(H6-,51,52,56,57,58,59,61,62,63,64,65,66,67,68,69)/p+1. The molecule has 73 heavy (non-hydrogen) atoms. The summed E-state index contributed by atoms with van der Waals surface area (Å²) in [4.78, 5) is 44.7. The molecule has 1 aromatic heterocycles. The number of hydrogen-bond acceptors (Lipinski definition) is 13. The van der Waals surface area contributed by atoms with Gasteiger partial charge in [0, 0.05) is 92.0 Å². The van der Waals surface area contributed by atoms with Crippen molar-refractivity contribution in [2.75, 3.05) is 36.8 Å². The highest BCUT2D eigenvalue weighted by Crippen LogP contribution is 2.52. The van der Waals surface area contributed by atoms with Crippen LogP contribution in [0.2, 0.25) is 0 Å². The van der Waals surface area contributed by atoms with E-state index in [9.17, 15) is 63.5 Å². The van der Waals surface area contributed by atoms with E-state index in [-0.39, 0.29) is 66.9 Å². The number of aromatic nitrogens is 1. The quantitative estimate of drug-likeness (QED) is 0.0572. The molecule has 20 nitrogen and oxygen atoms in total. The third kappa shape index (κ3) is 14.5. The predicted octanol–water partition coefficient (Wildman–Crippen LogP) is 6.16. The van der Waals surface area contributed by atoms with Gasteiger partial charge in [-0.2, -0.15) is 29.8 Å². The number of nitrogens with zero attached hydrogens (tertiary/aromatic N) is 3. The highest BCUT2D eigenvalue weighted by atomic mass is 32.2. The van der Waals surface area contributed by atoms with Crippen molar-refractivity contribution in [1.29, 1.82) is 0 Å². The lowest BCUT2D eigenvalue weighted by Crippen LogP contribution is -2.34. The summed E-state index contributed by atoms with van der Waals surface area (Å²) < 4.78 is 106. The minimum Gasteiger partial charge on any atom is -0.492 e. The highest BCUT2D eigenvalue weighted by molar-refractivity contribution is 7.86. The molecule has 0 aliphatic carbocycles. The van der Waals surface area contributed by atoms with Crippen LogP contribution in [-0.2, 0) is 55.6 Å². The van der Waals surface area contributed by atoms with Crippen LogP contribution in [0.5, 0.6) is 11.8 Å². The molecular weight excluding hydrogens is 1010 g/mol. The minimum atomic E-state index is -4.63. The zero-order chi connectivity index (χ0) is 53.2. The Kier molecular flexibility index (Phi) is 18.6. The summed E-state index contributed by atoms with van der Waals surface area (Å²) in [5.41, 5.74) is 2.29. The summed E-state index contributed by atoms with van der Waals surface area (Å²) in [5, 5.41) is 25.5. The van der Waals surface area contributed by atoms with Gasteiger partial charge in [-0.15, -0.1) is 4.73 Å². The van der Waals surface area contributed by atoms with Gasteiger partial charge in [0.2, 0.25) is 29.3 Å². The number of nitrogens with one attached hydrogen (secondary N) is 2. The van der Waals surface area contributed by atoms with E-state index in [1.54, 1.807) is 24.3 Å². The Balaban J connectivity index is 1.37. The number of unbranched alkanes of at least 4 members (excludes halogenated alkanes) is 2. The number of carbonyl (C=O) groups is 3. The van der Waals surface area contributed by atoms with E-state index in [0.29, 0.717) is 104 Å². The third-order valence-electron chi connectivity index (χ3n) is 13.7. The third-order valence-corrected chi connectivity index (χ3v) is 16.2. The fourth-order valence-electron chi connectivity index (χ4n) is 9.98. The number of rotatable bonds is 13. The summed E-state index contributed by atoms with van der Waals surface area (Å²) in [6.45, 7) is 5.01. The van der Waals surface area contributed by atoms with Gasteiger partial charge >= 0.3 is 5.97 Å². The summed E-state index contributed by atoms with van der Waals surface area (Å²) in [6, 6.07) is 11.1.